The van der Waals surface area contributed by atoms with Gasteiger partial charge in [0.25, 0.3) is 0 Å². The molecule has 0 unspecified atom stereocenters. The van der Waals surface area contributed by atoms with Crippen molar-refractivity contribution in [1.82, 2.24) is 9.78 Å². The first kappa shape index (κ1) is 11.0. The second-order valence-electron chi connectivity index (χ2n) is 3.79. The van der Waals surface area contributed by atoms with Gasteiger partial charge in [0.2, 0.25) is 0 Å². The molecule has 1 saturated heterocycles. The Kier molecular flexibility index (Phi) is 2.59. The zero-order valence-electron chi connectivity index (χ0n) is 8.92. The van der Waals surface area contributed by atoms with Gasteiger partial charge in [0, 0.05) is 26.3 Å². The van der Waals surface area contributed by atoms with E-state index in [1.54, 1.807) is 17.9 Å². The van der Waals surface area contributed by atoms with Crippen molar-refractivity contribution in [2.75, 3.05) is 29.5 Å². The van der Waals surface area contributed by atoms with Gasteiger partial charge in [0.15, 0.2) is 15.7 Å². The third kappa shape index (κ3) is 2.02. The van der Waals surface area contributed by atoms with E-state index in [9.17, 15) is 8.42 Å². The third-order valence-corrected chi connectivity index (χ3v) is 4.18. The molecule has 1 aliphatic rings. The average molecular weight is 240 g/mol. The van der Waals surface area contributed by atoms with E-state index in [0.717, 1.165) is 0 Å². The largest absolute Gasteiger partial charge is 0.352 e. The highest BCUT2D eigenvalue weighted by molar-refractivity contribution is 7.91. The monoisotopic (exact) mass is 240 g/mol. The summed E-state index contributed by atoms with van der Waals surface area (Å²) in [5, 5.41) is 13.1. The molecule has 7 heteroatoms. The van der Waals surface area contributed by atoms with Crippen molar-refractivity contribution in [1.29, 1.82) is 5.26 Å². The first-order valence-electron chi connectivity index (χ1n) is 4.91. The van der Waals surface area contributed by atoms with Gasteiger partial charge in [-0.3, -0.25) is 4.68 Å². The molecule has 1 fully saturated rings. The maximum atomic E-state index is 11.3. The minimum atomic E-state index is -2.90. The molecule has 0 bridgehead atoms. The highest BCUT2D eigenvalue weighted by Gasteiger charge is 2.24. The zero-order valence-corrected chi connectivity index (χ0v) is 9.74. The van der Waals surface area contributed by atoms with Crippen LogP contribution in [0, 0.1) is 11.3 Å². The summed E-state index contributed by atoms with van der Waals surface area (Å²) in [6.45, 7) is 0.821. The molecule has 16 heavy (non-hydrogen) atoms. The van der Waals surface area contributed by atoms with Crippen LogP contribution in [-0.4, -0.2) is 42.8 Å². The Morgan fingerprint density at radius 3 is 2.62 bits per heavy atom. The van der Waals surface area contributed by atoms with Crippen LogP contribution in [0.1, 0.15) is 5.56 Å². The number of rotatable bonds is 1. The van der Waals surface area contributed by atoms with Crippen LogP contribution in [0.25, 0.3) is 0 Å². The van der Waals surface area contributed by atoms with Crippen LogP contribution in [-0.2, 0) is 16.9 Å². The first-order chi connectivity index (χ1) is 7.52. The molecule has 0 saturated carbocycles. The molecule has 0 spiro atoms. The molecule has 0 aliphatic carbocycles. The lowest BCUT2D eigenvalue weighted by molar-refractivity contribution is 0.585. The normalized spacial score (nSPS) is 19.4. The summed E-state index contributed by atoms with van der Waals surface area (Å²) in [5.41, 5.74) is 0.488. The average Bonchev–Trinajstić information content (AvgIpc) is 2.59. The Bertz CT molecular complexity index is 526. The van der Waals surface area contributed by atoms with Gasteiger partial charge in [0.1, 0.15) is 11.6 Å². The van der Waals surface area contributed by atoms with Crippen LogP contribution in [0.5, 0.6) is 0 Å². The van der Waals surface area contributed by atoms with E-state index >= 15 is 0 Å². The minimum absolute atomic E-state index is 0.133. The van der Waals surface area contributed by atoms with Crippen LogP contribution in [0.2, 0.25) is 0 Å². The molecular formula is C9H12N4O2S. The van der Waals surface area contributed by atoms with Crippen molar-refractivity contribution in [3.63, 3.8) is 0 Å². The molecule has 2 rings (SSSR count). The molecule has 86 valence electrons. The standard InChI is InChI=1S/C9H12N4O2S/c1-12-7-8(6-10)9(11-12)13-2-4-16(14,15)5-3-13/h7H,2-5H2,1H3. The van der Waals surface area contributed by atoms with E-state index in [4.69, 9.17) is 5.26 Å². The molecule has 1 aromatic heterocycles. The quantitative estimate of drug-likeness (QED) is 0.663. The van der Waals surface area contributed by atoms with Crippen LogP contribution >= 0.6 is 0 Å². The molecular weight excluding hydrogens is 228 g/mol. The predicted molar refractivity (Wildman–Crippen MR) is 58.8 cm³/mol. The number of aryl methyl sites for hydroxylation is 1. The number of sulfone groups is 1. The maximum absolute atomic E-state index is 11.3. The van der Waals surface area contributed by atoms with Crippen molar-refractivity contribution < 1.29 is 8.42 Å². The van der Waals surface area contributed by atoms with Gasteiger partial charge in [0.05, 0.1) is 11.5 Å². The first-order valence-corrected chi connectivity index (χ1v) is 6.73. The summed E-state index contributed by atoms with van der Waals surface area (Å²) in [7, 11) is -1.15. The van der Waals surface area contributed by atoms with Gasteiger partial charge in [-0.25, -0.2) is 8.42 Å². The summed E-state index contributed by atoms with van der Waals surface area (Å²) in [5.74, 6) is 0.850. The lowest BCUT2D eigenvalue weighted by atomic mass is 10.3. The summed E-state index contributed by atoms with van der Waals surface area (Å²) < 4.78 is 24.1. The molecule has 1 aliphatic heterocycles. The Hall–Kier alpha value is -1.55. The second-order valence-corrected chi connectivity index (χ2v) is 6.09. The van der Waals surface area contributed by atoms with Crippen LogP contribution < -0.4 is 4.90 Å². The van der Waals surface area contributed by atoms with Crippen LogP contribution in [0.15, 0.2) is 6.20 Å². The Labute approximate surface area is 94.0 Å². The predicted octanol–water partition coefficient (Wildman–Crippen LogP) is -0.473. The molecule has 6 nitrogen and oxygen atoms in total. The van der Waals surface area contributed by atoms with Gasteiger partial charge in [-0.2, -0.15) is 10.4 Å². The molecule has 0 atom stereocenters. The number of hydrogen-bond acceptors (Lipinski definition) is 5. The maximum Gasteiger partial charge on any atom is 0.168 e. The van der Waals surface area contributed by atoms with Gasteiger partial charge in [-0.15, -0.1) is 0 Å². The molecule has 2 heterocycles. The van der Waals surface area contributed by atoms with E-state index in [2.05, 4.69) is 11.2 Å². The lowest BCUT2D eigenvalue weighted by Crippen LogP contribution is -2.40. The van der Waals surface area contributed by atoms with Crippen molar-refractivity contribution in [3.05, 3.63) is 11.8 Å². The van der Waals surface area contributed by atoms with Crippen molar-refractivity contribution in [2.45, 2.75) is 0 Å². The van der Waals surface area contributed by atoms with Crippen molar-refractivity contribution in [2.24, 2.45) is 7.05 Å². The zero-order chi connectivity index (χ0) is 11.8. The Balaban J connectivity index is 2.24. The molecule has 0 N–H and O–H groups in total. The Morgan fingerprint density at radius 1 is 1.44 bits per heavy atom. The highest BCUT2D eigenvalue weighted by atomic mass is 32.2. The van der Waals surface area contributed by atoms with Crippen molar-refractivity contribution >= 4 is 15.7 Å². The van der Waals surface area contributed by atoms with E-state index < -0.39 is 9.84 Å². The van der Waals surface area contributed by atoms with Gasteiger partial charge in [-0.1, -0.05) is 0 Å². The number of nitrogens with zero attached hydrogens (tertiary/aromatic N) is 4. The summed E-state index contributed by atoms with van der Waals surface area (Å²) >= 11 is 0. The smallest absolute Gasteiger partial charge is 0.168 e. The molecule has 0 amide bonds. The lowest BCUT2D eigenvalue weighted by Gasteiger charge is -2.26. The number of nitriles is 1. The van der Waals surface area contributed by atoms with Crippen molar-refractivity contribution in [3.8, 4) is 6.07 Å². The highest BCUT2D eigenvalue weighted by Crippen LogP contribution is 2.19. The fraction of sp³-hybridized carbons (Fsp3) is 0.556. The Morgan fingerprint density at radius 2 is 2.06 bits per heavy atom. The van der Waals surface area contributed by atoms with Crippen LogP contribution in [0.3, 0.4) is 0 Å². The molecule has 1 aromatic rings. The van der Waals surface area contributed by atoms with Crippen LogP contribution in [0.4, 0.5) is 5.82 Å². The molecule has 0 aromatic carbocycles. The van der Waals surface area contributed by atoms with Gasteiger partial charge >= 0.3 is 0 Å². The summed E-state index contributed by atoms with van der Waals surface area (Å²) in [6.07, 6.45) is 1.64. The fourth-order valence-electron chi connectivity index (χ4n) is 1.71. The van der Waals surface area contributed by atoms with Gasteiger partial charge < -0.3 is 4.90 Å². The summed E-state index contributed by atoms with van der Waals surface area (Å²) in [6, 6.07) is 2.06. The van der Waals surface area contributed by atoms with E-state index in [1.165, 1.54) is 0 Å². The van der Waals surface area contributed by atoms with Gasteiger partial charge in [-0.05, 0) is 0 Å². The van der Waals surface area contributed by atoms with E-state index in [0.29, 0.717) is 24.5 Å². The van der Waals surface area contributed by atoms with E-state index in [1.807, 2.05) is 4.90 Å². The van der Waals surface area contributed by atoms with E-state index in [-0.39, 0.29) is 11.5 Å². The topological polar surface area (TPSA) is 79.0 Å². The third-order valence-electron chi connectivity index (χ3n) is 2.57. The molecule has 0 radical (unpaired) electrons. The SMILES string of the molecule is Cn1cc(C#N)c(N2CCS(=O)(=O)CC2)n1. The number of hydrogen-bond donors (Lipinski definition) is 0. The number of aromatic nitrogens is 2. The fourth-order valence-corrected chi connectivity index (χ4v) is 2.91. The number of anilines is 1. The minimum Gasteiger partial charge on any atom is -0.352 e. The summed E-state index contributed by atoms with van der Waals surface area (Å²) in [4.78, 5) is 1.85. The second kappa shape index (κ2) is 3.79.